The van der Waals surface area contributed by atoms with Gasteiger partial charge in [0.1, 0.15) is 5.76 Å². The average Bonchev–Trinajstić information content (AvgIpc) is 2.69. The van der Waals surface area contributed by atoms with Gasteiger partial charge in [0.25, 0.3) is 0 Å². The van der Waals surface area contributed by atoms with Gasteiger partial charge in [0.05, 0.1) is 6.26 Å². The van der Waals surface area contributed by atoms with Gasteiger partial charge in [-0.1, -0.05) is 0 Å². The highest BCUT2D eigenvalue weighted by atomic mass is 19.3. The average molecular weight is 226 g/mol. The van der Waals surface area contributed by atoms with Crippen molar-refractivity contribution in [2.24, 2.45) is 0 Å². The maximum atomic E-state index is 13.1. The van der Waals surface area contributed by atoms with Crippen molar-refractivity contribution in [1.82, 2.24) is 0 Å². The third-order valence-electron chi connectivity index (χ3n) is 2.15. The Hall–Kier alpha value is -1.08. The fourth-order valence-electron chi connectivity index (χ4n) is 1.33. The SMILES string of the molecule is O[C@@H]1O[C@H](c2ccco2)C(F)(F)C1(F)F. The first-order chi connectivity index (χ1) is 6.87. The van der Waals surface area contributed by atoms with Crippen LogP contribution in [0.1, 0.15) is 11.9 Å². The zero-order valence-electron chi connectivity index (χ0n) is 7.16. The molecule has 0 aliphatic carbocycles. The summed E-state index contributed by atoms with van der Waals surface area (Å²) in [4.78, 5) is 0. The Balaban J connectivity index is 2.38. The molecule has 15 heavy (non-hydrogen) atoms. The minimum absolute atomic E-state index is 0.448. The lowest BCUT2D eigenvalue weighted by molar-refractivity contribution is -0.234. The van der Waals surface area contributed by atoms with Gasteiger partial charge in [-0.2, -0.15) is 17.6 Å². The van der Waals surface area contributed by atoms with E-state index in [1.54, 1.807) is 0 Å². The van der Waals surface area contributed by atoms with Gasteiger partial charge in [-0.3, -0.25) is 0 Å². The molecule has 2 rings (SSSR count). The van der Waals surface area contributed by atoms with E-state index in [0.29, 0.717) is 0 Å². The van der Waals surface area contributed by atoms with Crippen LogP contribution in [-0.4, -0.2) is 23.2 Å². The van der Waals surface area contributed by atoms with Crippen molar-refractivity contribution in [3.8, 4) is 0 Å². The number of furan rings is 1. The summed E-state index contributed by atoms with van der Waals surface area (Å²) in [6.07, 6.45) is -4.04. The molecule has 3 nitrogen and oxygen atoms in total. The van der Waals surface area contributed by atoms with Crippen LogP contribution in [0, 0.1) is 0 Å². The first-order valence-corrected chi connectivity index (χ1v) is 4.00. The fraction of sp³-hybridized carbons (Fsp3) is 0.500. The van der Waals surface area contributed by atoms with E-state index in [9.17, 15) is 17.6 Å². The van der Waals surface area contributed by atoms with E-state index in [-0.39, 0.29) is 0 Å². The van der Waals surface area contributed by atoms with E-state index < -0.39 is 30.0 Å². The van der Waals surface area contributed by atoms with E-state index in [4.69, 9.17) is 5.11 Å². The molecule has 7 heteroatoms. The molecule has 0 unspecified atom stereocenters. The minimum Gasteiger partial charge on any atom is -0.466 e. The van der Waals surface area contributed by atoms with Crippen LogP contribution in [0.3, 0.4) is 0 Å². The molecule has 0 aromatic carbocycles. The van der Waals surface area contributed by atoms with Crippen LogP contribution in [0.5, 0.6) is 0 Å². The lowest BCUT2D eigenvalue weighted by Crippen LogP contribution is -2.44. The molecular formula is C8H6F4O3. The number of hydrogen-bond donors (Lipinski definition) is 1. The summed E-state index contributed by atoms with van der Waals surface area (Å²) >= 11 is 0. The summed E-state index contributed by atoms with van der Waals surface area (Å²) in [6.45, 7) is 0. The number of alkyl halides is 4. The minimum atomic E-state index is -4.62. The van der Waals surface area contributed by atoms with Crippen LogP contribution in [0.2, 0.25) is 0 Å². The van der Waals surface area contributed by atoms with Crippen molar-refractivity contribution < 1.29 is 31.8 Å². The van der Waals surface area contributed by atoms with Crippen LogP contribution < -0.4 is 0 Å². The first kappa shape index (κ1) is 10.4. The lowest BCUT2D eigenvalue weighted by Gasteiger charge is -2.20. The van der Waals surface area contributed by atoms with Crippen molar-refractivity contribution >= 4 is 0 Å². The van der Waals surface area contributed by atoms with Gasteiger partial charge in [-0.05, 0) is 12.1 Å². The molecule has 84 valence electrons. The molecular weight excluding hydrogens is 220 g/mol. The largest absolute Gasteiger partial charge is 0.466 e. The van der Waals surface area contributed by atoms with Crippen molar-refractivity contribution in [2.75, 3.05) is 0 Å². The molecule has 1 N–H and O–H groups in total. The molecule has 1 saturated heterocycles. The molecule has 1 aliphatic rings. The predicted molar refractivity (Wildman–Crippen MR) is 38.4 cm³/mol. The van der Waals surface area contributed by atoms with Crippen molar-refractivity contribution in [3.63, 3.8) is 0 Å². The zero-order chi connectivity index (χ0) is 11.3. The Kier molecular flexibility index (Phi) is 2.06. The lowest BCUT2D eigenvalue weighted by atomic mass is 10.1. The molecule has 1 aromatic rings. The quantitative estimate of drug-likeness (QED) is 0.744. The van der Waals surface area contributed by atoms with Gasteiger partial charge in [0.2, 0.25) is 6.29 Å². The molecule has 2 heterocycles. The Labute approximate surface area is 81.2 Å². The Bertz CT molecular complexity index is 349. The molecule has 1 fully saturated rings. The molecule has 2 atom stereocenters. The molecule has 0 spiro atoms. The number of aliphatic hydroxyl groups excluding tert-OH is 1. The molecule has 0 radical (unpaired) electrons. The van der Waals surface area contributed by atoms with Crippen LogP contribution >= 0.6 is 0 Å². The normalized spacial score (nSPS) is 33.1. The predicted octanol–water partition coefficient (Wildman–Crippen LogP) is 1.94. The molecule has 1 aliphatic heterocycles. The fourth-order valence-corrected chi connectivity index (χ4v) is 1.33. The van der Waals surface area contributed by atoms with Crippen LogP contribution in [-0.2, 0) is 4.74 Å². The molecule has 0 amide bonds. The van der Waals surface area contributed by atoms with Gasteiger partial charge in [0, 0.05) is 0 Å². The first-order valence-electron chi connectivity index (χ1n) is 4.00. The maximum Gasteiger partial charge on any atom is 0.362 e. The summed E-state index contributed by atoms with van der Waals surface area (Å²) in [7, 11) is 0. The second kappa shape index (κ2) is 2.96. The van der Waals surface area contributed by atoms with Gasteiger partial charge in [0.15, 0.2) is 6.10 Å². The Morgan fingerprint density at radius 1 is 1.20 bits per heavy atom. The summed E-state index contributed by atoms with van der Waals surface area (Å²) in [5.41, 5.74) is 0. The zero-order valence-corrected chi connectivity index (χ0v) is 7.16. The highest BCUT2D eigenvalue weighted by Crippen LogP contribution is 2.53. The second-order valence-electron chi connectivity index (χ2n) is 3.13. The third-order valence-corrected chi connectivity index (χ3v) is 2.15. The van der Waals surface area contributed by atoms with Crippen molar-refractivity contribution in [2.45, 2.75) is 24.2 Å². The topological polar surface area (TPSA) is 42.6 Å². The summed E-state index contributed by atoms with van der Waals surface area (Å²) in [6, 6.07) is 2.34. The highest BCUT2D eigenvalue weighted by Gasteiger charge is 2.73. The van der Waals surface area contributed by atoms with Crippen LogP contribution in [0.15, 0.2) is 22.8 Å². The number of aliphatic hydroxyl groups is 1. The van der Waals surface area contributed by atoms with E-state index in [0.717, 1.165) is 12.3 Å². The molecule has 0 bridgehead atoms. The second-order valence-corrected chi connectivity index (χ2v) is 3.13. The van der Waals surface area contributed by atoms with Gasteiger partial charge in [-0.15, -0.1) is 0 Å². The molecule has 0 saturated carbocycles. The summed E-state index contributed by atoms with van der Waals surface area (Å²) < 4.78 is 60.4. The Morgan fingerprint density at radius 2 is 1.87 bits per heavy atom. The van der Waals surface area contributed by atoms with Gasteiger partial charge in [-0.25, -0.2) is 0 Å². The van der Waals surface area contributed by atoms with Crippen molar-refractivity contribution in [3.05, 3.63) is 24.2 Å². The van der Waals surface area contributed by atoms with Crippen molar-refractivity contribution in [1.29, 1.82) is 0 Å². The highest BCUT2D eigenvalue weighted by molar-refractivity contribution is 5.13. The van der Waals surface area contributed by atoms with E-state index in [1.165, 1.54) is 6.07 Å². The van der Waals surface area contributed by atoms with E-state index in [1.807, 2.05) is 0 Å². The monoisotopic (exact) mass is 226 g/mol. The third kappa shape index (κ3) is 1.26. The van der Waals surface area contributed by atoms with Crippen LogP contribution in [0.4, 0.5) is 17.6 Å². The smallest absolute Gasteiger partial charge is 0.362 e. The van der Waals surface area contributed by atoms with Gasteiger partial charge >= 0.3 is 11.8 Å². The van der Waals surface area contributed by atoms with E-state index in [2.05, 4.69) is 9.15 Å². The standard InChI is InChI=1S/C8H6F4O3/c9-7(10)5(4-2-1-3-14-4)15-6(13)8(7,11)12/h1-3,5-6,13H/t5-,6-/m1/s1. The number of rotatable bonds is 1. The Morgan fingerprint density at radius 3 is 2.27 bits per heavy atom. The summed E-state index contributed by atoms with van der Waals surface area (Å²) in [5.74, 6) is -9.56. The summed E-state index contributed by atoms with van der Waals surface area (Å²) in [5, 5.41) is 8.67. The number of halogens is 4. The molecule has 1 aromatic heterocycles. The van der Waals surface area contributed by atoms with Crippen LogP contribution in [0.25, 0.3) is 0 Å². The number of hydrogen-bond acceptors (Lipinski definition) is 3. The maximum absolute atomic E-state index is 13.1. The van der Waals surface area contributed by atoms with Gasteiger partial charge < -0.3 is 14.3 Å². The number of ether oxygens (including phenoxy) is 1. The van der Waals surface area contributed by atoms with E-state index >= 15 is 0 Å².